The highest BCUT2D eigenvalue weighted by atomic mass is 16.5. The number of ether oxygens (including phenoxy) is 4. The van der Waals surface area contributed by atoms with Gasteiger partial charge in [-0.15, -0.1) is 0 Å². The molecule has 0 radical (unpaired) electrons. The minimum atomic E-state index is -1.40. The van der Waals surface area contributed by atoms with E-state index in [0.717, 1.165) is 0 Å². The number of rotatable bonds is 8. The lowest BCUT2D eigenvalue weighted by Gasteiger charge is -2.08. The summed E-state index contributed by atoms with van der Waals surface area (Å²) in [5.74, 6) is -0.530. The molecule has 1 heterocycles. The Morgan fingerprint density at radius 3 is 2.57 bits per heavy atom. The third-order valence-electron chi connectivity index (χ3n) is 4.15. The summed E-state index contributed by atoms with van der Waals surface area (Å²) >= 11 is 0. The van der Waals surface area contributed by atoms with E-state index in [2.05, 4.69) is 5.32 Å². The lowest BCUT2D eigenvalue weighted by Crippen LogP contribution is -2.39. The summed E-state index contributed by atoms with van der Waals surface area (Å²) in [6, 6.07) is 9.72. The van der Waals surface area contributed by atoms with Crippen LogP contribution in [-0.4, -0.2) is 45.0 Å². The van der Waals surface area contributed by atoms with E-state index >= 15 is 0 Å². The minimum Gasteiger partial charge on any atom is -0.548 e. The Labute approximate surface area is 171 Å². The number of carboxylic acid groups (broad SMARTS) is 1. The van der Waals surface area contributed by atoms with Crippen LogP contribution in [0.5, 0.6) is 23.0 Å². The third kappa shape index (κ3) is 4.69. The van der Waals surface area contributed by atoms with E-state index in [4.69, 9.17) is 18.9 Å². The maximum Gasteiger partial charge on any atom is 0.258 e. The lowest BCUT2D eigenvalue weighted by atomic mass is 10.1. The SMILES string of the molecule is COc1ccc(/C=C2\Oc3cc(OCC(=O)NCC(=O)[O-])ccc3C2=O)cc1OC. The number of carboxylic acids is 1. The maximum absolute atomic E-state index is 12.6. The van der Waals surface area contributed by atoms with Gasteiger partial charge in [0.25, 0.3) is 5.91 Å². The average Bonchev–Trinajstić information content (AvgIpc) is 3.05. The standard InChI is InChI=1S/C21H19NO8/c1-27-15-6-3-12(7-17(15)28-2)8-18-21(26)14-5-4-13(9-16(14)30-18)29-11-19(23)22-10-20(24)25/h3-9H,10-11H2,1-2H3,(H,22,23)(H,24,25)/p-1/b18-8-. The number of benzene rings is 2. The van der Waals surface area contributed by atoms with Crippen molar-refractivity contribution in [3.05, 3.63) is 53.3 Å². The number of allylic oxidation sites excluding steroid dienone is 1. The second-order valence-corrected chi connectivity index (χ2v) is 6.15. The van der Waals surface area contributed by atoms with E-state index in [1.54, 1.807) is 24.3 Å². The van der Waals surface area contributed by atoms with Gasteiger partial charge in [0.2, 0.25) is 5.78 Å². The highest BCUT2D eigenvalue weighted by Gasteiger charge is 2.28. The molecule has 0 aromatic heterocycles. The van der Waals surface area contributed by atoms with Crippen LogP contribution < -0.4 is 29.4 Å². The number of methoxy groups -OCH3 is 2. The van der Waals surface area contributed by atoms with Crippen molar-refractivity contribution in [3.63, 3.8) is 0 Å². The number of carbonyl (C=O) groups excluding carboxylic acids is 3. The molecule has 0 fully saturated rings. The molecule has 0 saturated heterocycles. The molecule has 3 rings (SSSR count). The summed E-state index contributed by atoms with van der Waals surface area (Å²) in [7, 11) is 3.05. The Hall–Kier alpha value is -4.01. The number of Topliss-reactive ketones (excluding diaryl/α,β-unsaturated/α-hetero) is 1. The highest BCUT2D eigenvalue weighted by Crippen LogP contribution is 2.35. The Balaban J connectivity index is 1.71. The van der Waals surface area contributed by atoms with E-state index in [1.807, 2.05) is 0 Å². The summed E-state index contributed by atoms with van der Waals surface area (Å²) in [4.78, 5) is 34.4. The smallest absolute Gasteiger partial charge is 0.258 e. The van der Waals surface area contributed by atoms with E-state index in [0.29, 0.717) is 28.4 Å². The van der Waals surface area contributed by atoms with E-state index in [1.165, 1.54) is 32.4 Å². The highest BCUT2D eigenvalue weighted by molar-refractivity contribution is 6.14. The molecule has 1 aliphatic rings. The molecule has 9 nitrogen and oxygen atoms in total. The van der Waals surface area contributed by atoms with Crippen molar-refractivity contribution in [2.45, 2.75) is 0 Å². The molecule has 1 aliphatic heterocycles. The minimum absolute atomic E-state index is 0.126. The second kappa shape index (κ2) is 8.99. The number of hydrogen-bond donors (Lipinski definition) is 1. The normalized spacial score (nSPS) is 13.4. The van der Waals surface area contributed by atoms with Gasteiger partial charge in [-0.05, 0) is 35.9 Å². The fourth-order valence-corrected chi connectivity index (χ4v) is 2.72. The number of hydrogen-bond acceptors (Lipinski definition) is 8. The summed E-state index contributed by atoms with van der Waals surface area (Å²) in [6.07, 6.45) is 1.58. The summed E-state index contributed by atoms with van der Waals surface area (Å²) < 4.78 is 21.4. The Kier molecular flexibility index (Phi) is 6.21. The van der Waals surface area contributed by atoms with Crippen LogP contribution in [0.3, 0.4) is 0 Å². The van der Waals surface area contributed by atoms with Crippen LogP contribution >= 0.6 is 0 Å². The van der Waals surface area contributed by atoms with Crippen molar-refractivity contribution >= 4 is 23.7 Å². The quantitative estimate of drug-likeness (QED) is 0.624. The van der Waals surface area contributed by atoms with Crippen LogP contribution in [0.15, 0.2) is 42.2 Å². The summed E-state index contributed by atoms with van der Waals surface area (Å²) in [5, 5.41) is 12.5. The Bertz CT molecular complexity index is 1030. The molecule has 9 heteroatoms. The van der Waals surface area contributed by atoms with E-state index in [9.17, 15) is 19.5 Å². The van der Waals surface area contributed by atoms with Gasteiger partial charge in [0, 0.05) is 6.07 Å². The van der Waals surface area contributed by atoms with Gasteiger partial charge in [-0.2, -0.15) is 0 Å². The maximum atomic E-state index is 12.6. The first-order valence-electron chi connectivity index (χ1n) is 8.81. The van der Waals surface area contributed by atoms with Crippen molar-refractivity contribution < 1.29 is 38.4 Å². The molecule has 0 unspecified atom stereocenters. The number of ketones is 1. The van der Waals surface area contributed by atoms with Crippen LogP contribution in [0.4, 0.5) is 0 Å². The van der Waals surface area contributed by atoms with Crippen molar-refractivity contribution in [1.82, 2.24) is 5.32 Å². The van der Waals surface area contributed by atoms with Gasteiger partial charge in [0.15, 0.2) is 23.9 Å². The fourth-order valence-electron chi connectivity index (χ4n) is 2.72. The molecule has 156 valence electrons. The molecular formula is C21H18NO8-. The zero-order valence-electron chi connectivity index (χ0n) is 16.2. The molecule has 2 aromatic carbocycles. The van der Waals surface area contributed by atoms with Gasteiger partial charge in [0.1, 0.15) is 11.5 Å². The molecule has 0 bridgehead atoms. The van der Waals surface area contributed by atoms with Crippen molar-refractivity contribution in [2.24, 2.45) is 0 Å². The van der Waals surface area contributed by atoms with Crippen molar-refractivity contribution in [2.75, 3.05) is 27.4 Å². The van der Waals surface area contributed by atoms with Crippen molar-refractivity contribution in [1.29, 1.82) is 0 Å². The molecule has 2 aromatic rings. The second-order valence-electron chi connectivity index (χ2n) is 6.15. The molecular weight excluding hydrogens is 394 g/mol. The topological polar surface area (TPSA) is 123 Å². The average molecular weight is 412 g/mol. The molecule has 1 N–H and O–H groups in total. The van der Waals surface area contributed by atoms with Crippen LogP contribution in [0.2, 0.25) is 0 Å². The lowest BCUT2D eigenvalue weighted by molar-refractivity contribution is -0.304. The molecule has 0 spiro atoms. The summed E-state index contributed by atoms with van der Waals surface area (Å²) in [6.45, 7) is -0.997. The molecule has 0 saturated carbocycles. The number of aliphatic carboxylic acids is 1. The van der Waals surface area contributed by atoms with Crippen LogP contribution in [-0.2, 0) is 9.59 Å². The van der Waals surface area contributed by atoms with Gasteiger partial charge in [-0.3, -0.25) is 9.59 Å². The molecule has 0 atom stereocenters. The first-order valence-corrected chi connectivity index (χ1v) is 8.81. The fraction of sp³-hybridized carbons (Fsp3) is 0.190. The molecule has 0 aliphatic carbocycles. The van der Waals surface area contributed by atoms with E-state index in [-0.39, 0.29) is 17.3 Å². The van der Waals surface area contributed by atoms with Gasteiger partial charge in [0.05, 0.1) is 32.3 Å². The van der Waals surface area contributed by atoms with Crippen molar-refractivity contribution in [3.8, 4) is 23.0 Å². The molecule has 30 heavy (non-hydrogen) atoms. The first-order chi connectivity index (χ1) is 14.4. The van der Waals surface area contributed by atoms with Gasteiger partial charge < -0.3 is 34.2 Å². The third-order valence-corrected chi connectivity index (χ3v) is 4.15. The van der Waals surface area contributed by atoms with Crippen LogP contribution in [0.1, 0.15) is 15.9 Å². The molecule has 1 amide bonds. The Morgan fingerprint density at radius 2 is 1.87 bits per heavy atom. The van der Waals surface area contributed by atoms with Gasteiger partial charge in [-0.1, -0.05) is 6.07 Å². The zero-order chi connectivity index (χ0) is 21.7. The van der Waals surface area contributed by atoms with Crippen LogP contribution in [0.25, 0.3) is 6.08 Å². The number of nitrogens with one attached hydrogen (secondary N) is 1. The van der Waals surface area contributed by atoms with Crippen LogP contribution in [0, 0.1) is 0 Å². The number of fused-ring (bicyclic) bond motifs is 1. The van der Waals surface area contributed by atoms with Gasteiger partial charge >= 0.3 is 0 Å². The largest absolute Gasteiger partial charge is 0.548 e. The van der Waals surface area contributed by atoms with E-state index < -0.39 is 25.0 Å². The van der Waals surface area contributed by atoms with Gasteiger partial charge in [-0.25, -0.2) is 0 Å². The summed E-state index contributed by atoms with van der Waals surface area (Å²) in [5.41, 5.74) is 1.04. The zero-order valence-corrected chi connectivity index (χ0v) is 16.2. The predicted molar refractivity (Wildman–Crippen MR) is 102 cm³/mol. The monoisotopic (exact) mass is 412 g/mol. The number of amides is 1. The Morgan fingerprint density at radius 1 is 1.10 bits per heavy atom. The number of carbonyl (C=O) groups is 3. The predicted octanol–water partition coefficient (Wildman–Crippen LogP) is 0.565. The first kappa shape index (κ1) is 20.7.